The van der Waals surface area contributed by atoms with Crippen LogP contribution in [0.2, 0.25) is 0 Å². The smallest absolute Gasteiger partial charge is 0.319 e. The molecule has 2 aromatic heterocycles. The Hall–Kier alpha value is -4.61. The summed E-state index contributed by atoms with van der Waals surface area (Å²) in [5.41, 5.74) is 0.721. The molecule has 4 saturated heterocycles. The Morgan fingerprint density at radius 3 is 2.58 bits per heavy atom. The summed E-state index contributed by atoms with van der Waals surface area (Å²) in [6.45, 7) is 6.48. The third-order valence-corrected chi connectivity index (χ3v) is 12.7. The molecule has 1 saturated carbocycles. The van der Waals surface area contributed by atoms with Gasteiger partial charge in [-0.05, 0) is 67.7 Å². The zero-order valence-corrected chi connectivity index (χ0v) is 31.2. The molecule has 13 heteroatoms. The minimum Gasteiger partial charge on any atom is -0.508 e. The number of phenols is 1. The molecule has 5 aliphatic rings. The Kier molecular flexibility index (Phi) is 8.40. The molecular weight excluding hydrogens is 705 g/mol. The fourth-order valence-electron chi connectivity index (χ4n) is 9.97. The third kappa shape index (κ3) is 5.88. The monoisotopic (exact) mass is 749 g/mol. The van der Waals surface area contributed by atoms with Crippen LogP contribution in [0, 0.1) is 29.4 Å². The number of aryl methyl sites for hydroxylation is 1. The number of halogens is 2. The van der Waals surface area contributed by atoms with E-state index in [4.69, 9.17) is 35.7 Å². The number of aromatic nitrogens is 4. The van der Waals surface area contributed by atoms with Crippen molar-refractivity contribution in [2.45, 2.75) is 62.8 Å². The number of methoxy groups -OCH3 is 1. The van der Waals surface area contributed by atoms with Crippen molar-refractivity contribution in [2.24, 2.45) is 12.5 Å². The summed E-state index contributed by atoms with van der Waals surface area (Å²) in [4.78, 5) is 17.5. The van der Waals surface area contributed by atoms with Gasteiger partial charge in [-0.15, -0.1) is 6.42 Å². The first-order chi connectivity index (χ1) is 26.7. The third-order valence-electron chi connectivity index (χ3n) is 12.7. The number of aromatic hydroxyl groups is 1. The van der Waals surface area contributed by atoms with Gasteiger partial charge in [0.2, 0.25) is 0 Å². The van der Waals surface area contributed by atoms with Crippen molar-refractivity contribution < 1.29 is 28.1 Å². The van der Waals surface area contributed by atoms with Crippen molar-refractivity contribution in [3.63, 3.8) is 0 Å². The molecule has 5 aromatic rings. The van der Waals surface area contributed by atoms with E-state index in [1.807, 2.05) is 6.20 Å². The van der Waals surface area contributed by atoms with Gasteiger partial charge in [-0.3, -0.25) is 14.5 Å². The van der Waals surface area contributed by atoms with Crippen LogP contribution in [0.15, 0.2) is 30.5 Å². The first kappa shape index (κ1) is 34.8. The molecule has 0 radical (unpaired) electrons. The average molecular weight is 750 g/mol. The topological polar surface area (TPSA) is 101 Å². The van der Waals surface area contributed by atoms with Crippen LogP contribution in [0.1, 0.15) is 44.1 Å². The Morgan fingerprint density at radius 1 is 1.05 bits per heavy atom. The van der Waals surface area contributed by atoms with Crippen LogP contribution in [0.4, 0.5) is 14.6 Å². The van der Waals surface area contributed by atoms with Gasteiger partial charge in [-0.1, -0.05) is 12.0 Å². The fourth-order valence-corrected chi connectivity index (χ4v) is 9.97. The van der Waals surface area contributed by atoms with Crippen LogP contribution in [0.5, 0.6) is 11.8 Å². The number of likely N-dealkylation sites (tertiary alicyclic amines) is 2. The lowest BCUT2D eigenvalue weighted by atomic mass is 9.91. The van der Waals surface area contributed by atoms with Crippen LogP contribution in [-0.2, 0) is 16.5 Å². The maximum atomic E-state index is 17.8. The van der Waals surface area contributed by atoms with Gasteiger partial charge in [-0.25, -0.2) is 8.78 Å². The zero-order valence-electron chi connectivity index (χ0n) is 31.2. The van der Waals surface area contributed by atoms with Crippen molar-refractivity contribution in [3.05, 3.63) is 47.7 Å². The summed E-state index contributed by atoms with van der Waals surface area (Å²) in [6.07, 6.45) is 14.2. The van der Waals surface area contributed by atoms with Crippen LogP contribution in [0.3, 0.4) is 0 Å². The van der Waals surface area contributed by atoms with E-state index in [9.17, 15) is 5.11 Å². The average Bonchev–Trinajstić information content (AvgIpc) is 3.44. The molecule has 2 unspecified atom stereocenters. The maximum absolute atomic E-state index is 17.8. The van der Waals surface area contributed by atoms with Gasteiger partial charge < -0.3 is 24.2 Å². The van der Waals surface area contributed by atoms with Crippen molar-refractivity contribution in [1.82, 2.24) is 29.5 Å². The predicted octanol–water partition coefficient (Wildman–Crippen LogP) is 5.62. The normalized spacial score (nSPS) is 24.5. The van der Waals surface area contributed by atoms with Crippen LogP contribution < -0.4 is 9.64 Å². The summed E-state index contributed by atoms with van der Waals surface area (Å²) in [6, 6.07) is 6.65. The SMILES string of the molecule is C#Cc1c(F)ccc2cc(O)cc(-c3c(F)c4nc(OCC5(CN6C[C@H]7C[C@@H]6CO7)CC5)nc(N5C6CCC5CN(CCCOC)C6)c4c4cn(C)nc34)c12. The summed E-state index contributed by atoms with van der Waals surface area (Å²) >= 11 is 0. The fraction of sp³-hybridized carbons (Fsp3) is 0.500. The molecule has 10 rings (SSSR count). The number of piperazine rings is 1. The number of hydrogen-bond acceptors (Lipinski definition) is 10. The molecule has 4 atom stereocenters. The molecule has 11 nitrogen and oxygen atoms in total. The first-order valence-corrected chi connectivity index (χ1v) is 19.5. The van der Waals surface area contributed by atoms with Gasteiger partial charge in [0.25, 0.3) is 0 Å². The molecule has 5 fully saturated rings. The zero-order chi connectivity index (χ0) is 37.6. The molecule has 55 heavy (non-hydrogen) atoms. The van der Waals surface area contributed by atoms with Gasteiger partial charge in [0.1, 0.15) is 28.4 Å². The number of ether oxygens (including phenoxy) is 3. The lowest BCUT2D eigenvalue weighted by molar-refractivity contribution is 0.0176. The highest BCUT2D eigenvalue weighted by Gasteiger charge is 2.50. The lowest BCUT2D eigenvalue weighted by Crippen LogP contribution is -2.54. The Labute approximate surface area is 318 Å². The second-order valence-electron chi connectivity index (χ2n) is 16.4. The molecule has 0 spiro atoms. The first-order valence-electron chi connectivity index (χ1n) is 19.5. The van der Waals surface area contributed by atoms with Gasteiger partial charge in [0.15, 0.2) is 5.82 Å². The number of hydrogen-bond donors (Lipinski definition) is 1. The van der Waals surface area contributed by atoms with E-state index >= 15 is 8.78 Å². The largest absolute Gasteiger partial charge is 0.508 e. The number of anilines is 1. The number of terminal acetylenes is 1. The van der Waals surface area contributed by atoms with Gasteiger partial charge in [-0.2, -0.15) is 15.1 Å². The van der Waals surface area contributed by atoms with Crippen molar-refractivity contribution in [2.75, 3.05) is 64.6 Å². The van der Waals surface area contributed by atoms with Crippen LogP contribution >= 0.6 is 0 Å². The van der Waals surface area contributed by atoms with Gasteiger partial charge >= 0.3 is 6.01 Å². The Morgan fingerprint density at radius 2 is 1.87 bits per heavy atom. The molecule has 4 bridgehead atoms. The number of rotatable bonds is 11. The highest BCUT2D eigenvalue weighted by atomic mass is 19.1. The summed E-state index contributed by atoms with van der Waals surface area (Å²) in [5, 5.41) is 17.7. The van der Waals surface area contributed by atoms with Gasteiger partial charge in [0, 0.05) is 99.6 Å². The molecule has 286 valence electrons. The summed E-state index contributed by atoms with van der Waals surface area (Å²) in [7, 11) is 3.52. The molecule has 4 aliphatic heterocycles. The highest BCUT2D eigenvalue weighted by Crippen LogP contribution is 2.50. The minimum atomic E-state index is -0.659. The summed E-state index contributed by atoms with van der Waals surface area (Å²) in [5.74, 6) is 1.73. The molecule has 0 amide bonds. The Balaban J connectivity index is 1.13. The number of fused-ring (bicyclic) bond motifs is 8. The van der Waals surface area contributed by atoms with Crippen molar-refractivity contribution in [1.29, 1.82) is 0 Å². The number of benzene rings is 3. The highest BCUT2D eigenvalue weighted by molar-refractivity contribution is 6.18. The van der Waals surface area contributed by atoms with E-state index < -0.39 is 11.6 Å². The molecular formula is C42H45F2N7O4. The number of phenolic OH excluding ortho intramolecular Hbond substituents is 1. The number of morpholine rings is 1. The van der Waals surface area contributed by atoms with Crippen molar-refractivity contribution >= 4 is 38.4 Å². The molecule has 1 N–H and O–H groups in total. The van der Waals surface area contributed by atoms with E-state index in [1.54, 1.807) is 18.8 Å². The van der Waals surface area contributed by atoms with E-state index in [0.717, 1.165) is 77.9 Å². The second kappa shape index (κ2) is 13.3. The van der Waals surface area contributed by atoms with Gasteiger partial charge in [0.05, 0.1) is 30.3 Å². The van der Waals surface area contributed by atoms with Crippen molar-refractivity contribution in [3.8, 4) is 35.2 Å². The van der Waals surface area contributed by atoms with E-state index in [1.165, 1.54) is 24.3 Å². The van der Waals surface area contributed by atoms with E-state index in [0.29, 0.717) is 58.2 Å². The standard InChI is InChI=1S/C42H45F2N7O4/c1-4-30-33(43)9-6-24-14-28(52)16-31(34(24)30)35-37(44)39-36(32-20-48(2)47-38(32)35)40(51-25-7-8-26(51)18-49(17-25)12-5-13-53-3)46-41(45-39)55-23-42(10-11-42)22-50-19-29-15-27(50)21-54-29/h1,6,9,14,16,20,25-27,29,52H,5,7-8,10-13,15,17-19,21-23H2,2-3H3/t25?,26?,27-,29-/m1/s1. The summed E-state index contributed by atoms with van der Waals surface area (Å²) < 4.78 is 52.5. The molecule has 6 heterocycles. The lowest BCUT2D eigenvalue weighted by Gasteiger charge is -2.42. The minimum absolute atomic E-state index is 0.0109. The quantitative estimate of drug-likeness (QED) is 0.135. The van der Waals surface area contributed by atoms with E-state index in [2.05, 4.69) is 20.6 Å². The van der Waals surface area contributed by atoms with Crippen LogP contribution in [0.25, 0.3) is 43.7 Å². The van der Waals surface area contributed by atoms with E-state index in [-0.39, 0.29) is 51.5 Å². The number of nitrogens with zero attached hydrogens (tertiary/aromatic N) is 7. The second-order valence-corrected chi connectivity index (χ2v) is 16.4. The molecule has 1 aliphatic carbocycles. The Bertz CT molecular complexity index is 2380. The van der Waals surface area contributed by atoms with Crippen LogP contribution in [-0.4, -0.2) is 119 Å². The predicted molar refractivity (Wildman–Crippen MR) is 205 cm³/mol. The molecule has 3 aromatic carbocycles. The maximum Gasteiger partial charge on any atom is 0.319 e.